The Balaban J connectivity index is 1.36. The molecule has 8 heteroatoms. The molecule has 2 heterocycles. The number of benzene rings is 1. The molecule has 1 aliphatic carbocycles. The summed E-state index contributed by atoms with van der Waals surface area (Å²) in [6.07, 6.45) is 8.38. The average molecular weight is 379 g/mol. The van der Waals surface area contributed by atoms with E-state index in [0.29, 0.717) is 17.3 Å². The number of carbonyl (C=O) groups is 1. The van der Waals surface area contributed by atoms with Gasteiger partial charge in [0.05, 0.1) is 17.2 Å². The fraction of sp³-hybridized carbons (Fsp3) is 0.300. The van der Waals surface area contributed by atoms with Crippen LogP contribution in [-0.4, -0.2) is 38.2 Å². The van der Waals surface area contributed by atoms with Crippen molar-refractivity contribution in [1.29, 1.82) is 0 Å². The summed E-state index contributed by atoms with van der Waals surface area (Å²) >= 11 is 0. The number of fused-ring (bicyclic) bond motifs is 1. The first-order valence-corrected chi connectivity index (χ1v) is 9.21. The number of nitrogens with one attached hydrogen (secondary N) is 1. The van der Waals surface area contributed by atoms with Gasteiger partial charge in [0, 0.05) is 36.4 Å². The number of carboxylic acids is 1. The fourth-order valence-electron chi connectivity index (χ4n) is 3.47. The number of nitrogens with two attached hydrogens (primary N) is 1. The molecule has 0 saturated heterocycles. The van der Waals surface area contributed by atoms with E-state index in [1.54, 1.807) is 36.7 Å². The van der Waals surface area contributed by atoms with Gasteiger partial charge in [0.25, 0.3) is 0 Å². The van der Waals surface area contributed by atoms with E-state index < -0.39 is 5.97 Å². The normalized spacial score (nSPS) is 19.3. The van der Waals surface area contributed by atoms with E-state index in [2.05, 4.69) is 20.3 Å². The third-order valence-corrected chi connectivity index (χ3v) is 4.89. The predicted molar refractivity (Wildman–Crippen MR) is 105 cm³/mol. The summed E-state index contributed by atoms with van der Waals surface area (Å²) in [6, 6.07) is 7.12. The number of aromatic nitrogens is 3. The molecule has 1 saturated carbocycles. The zero-order valence-electron chi connectivity index (χ0n) is 15.2. The Morgan fingerprint density at radius 3 is 2.61 bits per heavy atom. The number of anilines is 2. The van der Waals surface area contributed by atoms with Gasteiger partial charge in [-0.15, -0.1) is 0 Å². The van der Waals surface area contributed by atoms with Gasteiger partial charge in [-0.05, 0) is 43.9 Å². The molecule has 0 bridgehead atoms. The van der Waals surface area contributed by atoms with Gasteiger partial charge < -0.3 is 20.9 Å². The second kappa shape index (κ2) is 7.67. The number of rotatable bonds is 5. The molecule has 4 rings (SSSR count). The van der Waals surface area contributed by atoms with Gasteiger partial charge in [-0.25, -0.2) is 14.8 Å². The number of hydrogen-bond acceptors (Lipinski definition) is 7. The predicted octanol–water partition coefficient (Wildman–Crippen LogP) is 3.11. The van der Waals surface area contributed by atoms with E-state index in [1.165, 1.54) is 6.20 Å². The second-order valence-electron chi connectivity index (χ2n) is 6.92. The van der Waals surface area contributed by atoms with Gasteiger partial charge in [-0.1, -0.05) is 0 Å². The summed E-state index contributed by atoms with van der Waals surface area (Å²) in [6.45, 7) is 0. The number of pyridine rings is 1. The second-order valence-corrected chi connectivity index (χ2v) is 6.92. The van der Waals surface area contributed by atoms with Crippen molar-refractivity contribution in [1.82, 2.24) is 15.0 Å². The Hall–Kier alpha value is -3.42. The molecular weight excluding hydrogens is 358 g/mol. The van der Waals surface area contributed by atoms with E-state index in [1.807, 2.05) is 0 Å². The van der Waals surface area contributed by atoms with E-state index in [4.69, 9.17) is 15.6 Å². The molecule has 0 spiro atoms. The first-order valence-electron chi connectivity index (χ1n) is 9.21. The summed E-state index contributed by atoms with van der Waals surface area (Å²) < 4.78 is 6.20. The molecule has 2 aromatic heterocycles. The number of aromatic carboxylic acids is 1. The van der Waals surface area contributed by atoms with Crippen LogP contribution >= 0.6 is 0 Å². The standard InChI is InChI=1S/C20H21N5O3/c21-13-9-16-19(23-8-7-22-16)17(10-13)28-15-4-2-14(3-5-15)25-18-6-1-12(11-24-18)20(26)27/h1,6-11,14-15H,2-5,21H2,(H,24,25)(H,26,27). The van der Waals surface area contributed by atoms with Gasteiger partial charge in [0.15, 0.2) is 0 Å². The average Bonchev–Trinajstić information content (AvgIpc) is 2.70. The summed E-state index contributed by atoms with van der Waals surface area (Å²) in [5, 5.41) is 12.3. The Morgan fingerprint density at radius 2 is 1.89 bits per heavy atom. The molecule has 1 aromatic carbocycles. The molecule has 8 nitrogen and oxygen atoms in total. The Bertz CT molecular complexity index is 985. The zero-order valence-corrected chi connectivity index (χ0v) is 15.2. The van der Waals surface area contributed by atoms with Crippen LogP contribution in [0, 0.1) is 0 Å². The van der Waals surface area contributed by atoms with Crippen LogP contribution in [-0.2, 0) is 0 Å². The lowest BCUT2D eigenvalue weighted by molar-refractivity contribution is 0.0696. The minimum absolute atomic E-state index is 0.0902. The zero-order chi connectivity index (χ0) is 19.5. The summed E-state index contributed by atoms with van der Waals surface area (Å²) in [5.41, 5.74) is 8.20. The van der Waals surface area contributed by atoms with Crippen molar-refractivity contribution in [2.75, 3.05) is 11.1 Å². The highest BCUT2D eigenvalue weighted by atomic mass is 16.5. The lowest BCUT2D eigenvalue weighted by atomic mass is 9.93. The van der Waals surface area contributed by atoms with Gasteiger partial charge >= 0.3 is 5.97 Å². The monoisotopic (exact) mass is 379 g/mol. The maximum Gasteiger partial charge on any atom is 0.337 e. The van der Waals surface area contributed by atoms with Gasteiger partial charge in [0.2, 0.25) is 0 Å². The van der Waals surface area contributed by atoms with Gasteiger partial charge in [-0.3, -0.25) is 4.98 Å². The van der Waals surface area contributed by atoms with Crippen LogP contribution < -0.4 is 15.8 Å². The third-order valence-electron chi connectivity index (χ3n) is 4.89. The maximum atomic E-state index is 10.9. The SMILES string of the molecule is Nc1cc(OC2CCC(Nc3ccc(C(=O)O)cn3)CC2)c2nccnc2c1. The third kappa shape index (κ3) is 3.95. The smallest absolute Gasteiger partial charge is 0.337 e. The highest BCUT2D eigenvalue weighted by Crippen LogP contribution is 2.30. The summed E-state index contributed by atoms with van der Waals surface area (Å²) in [4.78, 5) is 23.7. The number of nitrogens with zero attached hydrogens (tertiary/aromatic N) is 3. The lowest BCUT2D eigenvalue weighted by Gasteiger charge is -2.30. The minimum Gasteiger partial charge on any atom is -0.488 e. The van der Waals surface area contributed by atoms with Crippen molar-refractivity contribution in [3.05, 3.63) is 48.4 Å². The highest BCUT2D eigenvalue weighted by Gasteiger charge is 2.23. The molecule has 1 aliphatic rings. The number of nitrogen functional groups attached to an aromatic ring is 1. The Labute approximate surface area is 161 Å². The quantitative estimate of drug-likeness (QED) is 0.578. The van der Waals surface area contributed by atoms with Crippen LogP contribution in [0.4, 0.5) is 11.5 Å². The lowest BCUT2D eigenvalue weighted by Crippen LogP contribution is -2.31. The van der Waals surface area contributed by atoms with E-state index in [-0.39, 0.29) is 17.7 Å². The molecule has 3 aromatic rings. The molecule has 0 unspecified atom stereocenters. The van der Waals surface area contributed by atoms with Crippen molar-refractivity contribution in [2.45, 2.75) is 37.8 Å². The molecule has 0 atom stereocenters. The van der Waals surface area contributed by atoms with Crippen molar-refractivity contribution < 1.29 is 14.6 Å². The van der Waals surface area contributed by atoms with E-state index >= 15 is 0 Å². The van der Waals surface area contributed by atoms with Crippen LogP contribution in [0.5, 0.6) is 5.75 Å². The van der Waals surface area contributed by atoms with Crippen LogP contribution in [0.1, 0.15) is 36.0 Å². The topological polar surface area (TPSA) is 123 Å². The molecule has 0 radical (unpaired) electrons. The van der Waals surface area contributed by atoms with Crippen molar-refractivity contribution >= 4 is 28.5 Å². The molecule has 0 aliphatic heterocycles. The summed E-state index contributed by atoms with van der Waals surface area (Å²) in [5.74, 6) is 0.382. The minimum atomic E-state index is -0.976. The van der Waals surface area contributed by atoms with Crippen molar-refractivity contribution in [2.24, 2.45) is 0 Å². The number of ether oxygens (including phenoxy) is 1. The van der Waals surface area contributed by atoms with Crippen LogP contribution in [0.25, 0.3) is 11.0 Å². The van der Waals surface area contributed by atoms with E-state index in [0.717, 1.165) is 36.7 Å². The first kappa shape index (κ1) is 18.0. The Kier molecular flexibility index (Phi) is 4.92. The highest BCUT2D eigenvalue weighted by molar-refractivity contribution is 5.87. The van der Waals surface area contributed by atoms with Crippen LogP contribution in [0.3, 0.4) is 0 Å². The van der Waals surface area contributed by atoms with Crippen LogP contribution in [0.2, 0.25) is 0 Å². The summed E-state index contributed by atoms with van der Waals surface area (Å²) in [7, 11) is 0. The van der Waals surface area contributed by atoms with Crippen molar-refractivity contribution in [3.63, 3.8) is 0 Å². The fourth-order valence-corrected chi connectivity index (χ4v) is 3.47. The molecule has 1 fully saturated rings. The van der Waals surface area contributed by atoms with Gasteiger partial charge in [0.1, 0.15) is 17.1 Å². The molecule has 144 valence electrons. The molecule has 28 heavy (non-hydrogen) atoms. The van der Waals surface area contributed by atoms with E-state index in [9.17, 15) is 4.79 Å². The van der Waals surface area contributed by atoms with Crippen molar-refractivity contribution in [3.8, 4) is 5.75 Å². The molecule has 0 amide bonds. The molecular formula is C20H21N5O3. The van der Waals surface area contributed by atoms with Gasteiger partial charge in [-0.2, -0.15) is 0 Å². The first-order chi connectivity index (χ1) is 13.6. The Morgan fingerprint density at radius 1 is 1.11 bits per heavy atom. The maximum absolute atomic E-state index is 10.9. The number of carboxylic acid groups (broad SMARTS) is 1. The molecule has 4 N–H and O–H groups in total. The largest absolute Gasteiger partial charge is 0.488 e. The number of hydrogen-bond donors (Lipinski definition) is 3. The van der Waals surface area contributed by atoms with Crippen LogP contribution in [0.15, 0.2) is 42.9 Å².